The molecule has 0 aliphatic carbocycles. The van der Waals surface area contributed by atoms with Crippen molar-refractivity contribution < 1.29 is 9.59 Å². The highest BCUT2D eigenvalue weighted by molar-refractivity contribution is 6.30. The molecule has 0 fully saturated rings. The lowest BCUT2D eigenvalue weighted by atomic mass is 10.0. The van der Waals surface area contributed by atoms with E-state index in [0.29, 0.717) is 23.0 Å². The van der Waals surface area contributed by atoms with E-state index in [1.165, 1.54) is 0 Å². The molecule has 3 rings (SSSR count). The summed E-state index contributed by atoms with van der Waals surface area (Å²) < 4.78 is 0. The van der Waals surface area contributed by atoms with Crippen LogP contribution in [0.1, 0.15) is 36.5 Å². The lowest BCUT2D eigenvalue weighted by Gasteiger charge is -2.32. The van der Waals surface area contributed by atoms with E-state index in [4.69, 9.17) is 23.2 Å². The van der Waals surface area contributed by atoms with E-state index in [2.05, 4.69) is 12.2 Å². The van der Waals surface area contributed by atoms with Gasteiger partial charge < -0.3 is 10.2 Å². The summed E-state index contributed by atoms with van der Waals surface area (Å²) in [5, 5.41) is 4.24. The van der Waals surface area contributed by atoms with Crippen molar-refractivity contribution in [2.45, 2.75) is 45.2 Å². The minimum Gasteiger partial charge on any atom is -0.354 e. The molecule has 0 heterocycles. The van der Waals surface area contributed by atoms with Crippen LogP contribution in [0.4, 0.5) is 0 Å². The van der Waals surface area contributed by atoms with Crippen molar-refractivity contribution in [1.82, 2.24) is 10.2 Å². The van der Waals surface area contributed by atoms with Crippen molar-refractivity contribution in [2.75, 3.05) is 6.54 Å². The van der Waals surface area contributed by atoms with E-state index in [1.807, 2.05) is 60.7 Å². The van der Waals surface area contributed by atoms with Gasteiger partial charge in [0.1, 0.15) is 6.04 Å². The van der Waals surface area contributed by atoms with Gasteiger partial charge in [0, 0.05) is 29.6 Å². The quantitative estimate of drug-likeness (QED) is 0.326. The van der Waals surface area contributed by atoms with Gasteiger partial charge in [0.05, 0.1) is 6.42 Å². The van der Waals surface area contributed by atoms with Crippen molar-refractivity contribution in [1.29, 1.82) is 0 Å². The normalized spacial score (nSPS) is 11.6. The number of nitrogens with one attached hydrogen (secondary N) is 1. The zero-order chi connectivity index (χ0) is 24.3. The first-order valence-electron chi connectivity index (χ1n) is 11.6. The fourth-order valence-electron chi connectivity index (χ4n) is 3.77. The minimum absolute atomic E-state index is 0.131. The smallest absolute Gasteiger partial charge is 0.243 e. The Labute approximate surface area is 211 Å². The van der Waals surface area contributed by atoms with Gasteiger partial charge in [-0.1, -0.05) is 91.1 Å². The van der Waals surface area contributed by atoms with Crippen molar-refractivity contribution in [3.05, 3.63) is 106 Å². The Kier molecular flexibility index (Phi) is 9.99. The van der Waals surface area contributed by atoms with Gasteiger partial charge in [-0.3, -0.25) is 9.59 Å². The standard InChI is InChI=1S/C28H30Cl2N2O2/c1-2-3-16-31-28(34)26(18-21-8-5-4-6-9-21)32(20-23-10-7-11-25(30)17-23)27(33)19-22-12-14-24(29)15-13-22/h4-15,17,26H,2-3,16,18-20H2,1H3,(H,31,34)/t26-/m1/s1. The number of amides is 2. The van der Waals surface area contributed by atoms with Crippen molar-refractivity contribution in [3.63, 3.8) is 0 Å². The first-order chi connectivity index (χ1) is 16.5. The molecule has 6 heteroatoms. The van der Waals surface area contributed by atoms with Crippen LogP contribution in [0.15, 0.2) is 78.9 Å². The van der Waals surface area contributed by atoms with Crippen LogP contribution in [-0.4, -0.2) is 29.3 Å². The van der Waals surface area contributed by atoms with E-state index < -0.39 is 6.04 Å². The van der Waals surface area contributed by atoms with Crippen molar-refractivity contribution >= 4 is 35.0 Å². The second-order valence-corrected chi connectivity index (χ2v) is 9.18. The molecule has 1 atom stereocenters. The molecule has 4 nitrogen and oxygen atoms in total. The molecule has 0 unspecified atom stereocenters. The number of carbonyl (C=O) groups is 2. The van der Waals surface area contributed by atoms with Gasteiger partial charge in [0.15, 0.2) is 0 Å². The van der Waals surface area contributed by atoms with Crippen LogP contribution in [0.2, 0.25) is 10.0 Å². The average molecular weight is 497 g/mol. The summed E-state index contributed by atoms with van der Waals surface area (Å²) in [5.74, 6) is -0.280. The molecule has 3 aromatic rings. The van der Waals surface area contributed by atoms with Gasteiger partial charge in [0.2, 0.25) is 11.8 Å². The molecule has 0 aliphatic rings. The average Bonchev–Trinajstić information content (AvgIpc) is 2.83. The Balaban J connectivity index is 1.93. The largest absolute Gasteiger partial charge is 0.354 e. The molecule has 0 aliphatic heterocycles. The maximum Gasteiger partial charge on any atom is 0.243 e. The maximum absolute atomic E-state index is 13.6. The van der Waals surface area contributed by atoms with E-state index in [1.54, 1.807) is 23.1 Å². The topological polar surface area (TPSA) is 49.4 Å². The molecule has 3 aromatic carbocycles. The number of nitrogens with zero attached hydrogens (tertiary/aromatic N) is 1. The summed E-state index contributed by atoms with van der Waals surface area (Å²) in [7, 11) is 0. The van der Waals surface area contributed by atoms with Crippen LogP contribution in [0.25, 0.3) is 0 Å². The van der Waals surface area contributed by atoms with Gasteiger partial charge >= 0.3 is 0 Å². The SMILES string of the molecule is CCCCNC(=O)[C@@H](Cc1ccccc1)N(Cc1cccc(Cl)c1)C(=O)Cc1ccc(Cl)cc1. The molecular weight excluding hydrogens is 467 g/mol. The van der Waals surface area contributed by atoms with Crippen LogP contribution < -0.4 is 5.32 Å². The molecular formula is C28H30Cl2N2O2. The molecule has 34 heavy (non-hydrogen) atoms. The predicted molar refractivity (Wildman–Crippen MR) is 139 cm³/mol. The van der Waals surface area contributed by atoms with Gasteiger partial charge in [-0.2, -0.15) is 0 Å². The number of hydrogen-bond acceptors (Lipinski definition) is 2. The number of halogens is 2. The Morgan fingerprint density at radius 1 is 0.853 bits per heavy atom. The number of hydrogen-bond donors (Lipinski definition) is 1. The molecule has 0 saturated carbocycles. The zero-order valence-electron chi connectivity index (χ0n) is 19.3. The second kappa shape index (κ2) is 13.2. The summed E-state index contributed by atoms with van der Waals surface area (Å²) in [6.07, 6.45) is 2.46. The summed E-state index contributed by atoms with van der Waals surface area (Å²) in [5.41, 5.74) is 2.71. The molecule has 178 valence electrons. The first-order valence-corrected chi connectivity index (χ1v) is 12.3. The van der Waals surface area contributed by atoms with Gasteiger partial charge in [-0.15, -0.1) is 0 Å². The highest BCUT2D eigenvalue weighted by Gasteiger charge is 2.30. The van der Waals surface area contributed by atoms with Crippen molar-refractivity contribution in [2.24, 2.45) is 0 Å². The highest BCUT2D eigenvalue weighted by Crippen LogP contribution is 2.19. The first kappa shape index (κ1) is 25.8. The van der Waals surface area contributed by atoms with E-state index >= 15 is 0 Å². The third-order valence-electron chi connectivity index (χ3n) is 5.61. The molecule has 0 saturated heterocycles. The van der Waals surface area contributed by atoms with Crippen LogP contribution in [0.3, 0.4) is 0 Å². The molecule has 0 aromatic heterocycles. The minimum atomic E-state index is -0.655. The van der Waals surface area contributed by atoms with Crippen molar-refractivity contribution in [3.8, 4) is 0 Å². The van der Waals surface area contributed by atoms with Gasteiger partial charge in [-0.05, 0) is 47.4 Å². The van der Waals surface area contributed by atoms with Crippen LogP contribution in [-0.2, 0) is 29.0 Å². The lowest BCUT2D eigenvalue weighted by molar-refractivity contribution is -0.140. The van der Waals surface area contributed by atoms with E-state index in [-0.39, 0.29) is 24.8 Å². The third kappa shape index (κ3) is 7.89. The Hall–Kier alpha value is -2.82. The summed E-state index contributed by atoms with van der Waals surface area (Å²) in [6.45, 7) is 2.94. The summed E-state index contributed by atoms with van der Waals surface area (Å²) >= 11 is 12.2. The monoisotopic (exact) mass is 496 g/mol. The van der Waals surface area contributed by atoms with Crippen LogP contribution in [0, 0.1) is 0 Å². The summed E-state index contributed by atoms with van der Waals surface area (Å²) in [6, 6.07) is 23.7. The van der Waals surface area contributed by atoms with E-state index in [9.17, 15) is 9.59 Å². The Morgan fingerprint density at radius 3 is 2.24 bits per heavy atom. The Bertz CT molecular complexity index is 1070. The number of unbranched alkanes of at least 4 members (excludes halogenated alkanes) is 1. The lowest BCUT2D eigenvalue weighted by Crippen LogP contribution is -2.51. The molecule has 0 spiro atoms. The van der Waals surface area contributed by atoms with Gasteiger partial charge in [0.25, 0.3) is 0 Å². The Morgan fingerprint density at radius 2 is 1.56 bits per heavy atom. The zero-order valence-corrected chi connectivity index (χ0v) is 20.9. The fourth-order valence-corrected chi connectivity index (χ4v) is 4.11. The van der Waals surface area contributed by atoms with Crippen LogP contribution in [0.5, 0.6) is 0 Å². The van der Waals surface area contributed by atoms with Gasteiger partial charge in [-0.25, -0.2) is 0 Å². The maximum atomic E-state index is 13.6. The predicted octanol–water partition coefficient (Wildman–Crippen LogP) is 6.09. The summed E-state index contributed by atoms with van der Waals surface area (Å²) in [4.78, 5) is 28.7. The number of rotatable bonds is 11. The third-order valence-corrected chi connectivity index (χ3v) is 6.10. The van der Waals surface area contributed by atoms with Crippen LogP contribution >= 0.6 is 23.2 Å². The number of benzene rings is 3. The highest BCUT2D eigenvalue weighted by atomic mass is 35.5. The molecule has 2 amide bonds. The molecule has 1 N–H and O–H groups in total. The van der Waals surface area contributed by atoms with E-state index in [0.717, 1.165) is 29.5 Å². The molecule has 0 radical (unpaired) electrons. The second-order valence-electron chi connectivity index (χ2n) is 8.30. The number of carbonyl (C=O) groups excluding carboxylic acids is 2. The fraction of sp³-hybridized carbons (Fsp3) is 0.286. The molecule has 0 bridgehead atoms.